The number of halogens is 1. The van der Waals surface area contributed by atoms with Crippen LogP contribution in [0.4, 0.5) is 0 Å². The van der Waals surface area contributed by atoms with E-state index in [0.717, 1.165) is 33.4 Å². The Morgan fingerprint density at radius 1 is 1.32 bits per heavy atom. The molecule has 0 aliphatic rings. The van der Waals surface area contributed by atoms with Gasteiger partial charge in [-0.05, 0) is 42.9 Å². The van der Waals surface area contributed by atoms with Crippen LogP contribution >= 0.6 is 28.1 Å². The van der Waals surface area contributed by atoms with Crippen LogP contribution in [0.2, 0.25) is 0 Å². The van der Waals surface area contributed by atoms with E-state index in [1.54, 1.807) is 0 Å². The molecule has 0 atom stereocenters. The smallest absolute Gasteiger partial charge is 0.184 e. The summed E-state index contributed by atoms with van der Waals surface area (Å²) >= 11 is 8.89. The molecule has 0 saturated heterocycles. The lowest BCUT2D eigenvalue weighted by Gasteiger charge is -2.04. The largest absolute Gasteiger partial charge is 0.327 e. The minimum absolute atomic E-state index is 0.694. The first-order valence-corrected chi connectivity index (χ1v) is 7.24. The average Bonchev–Trinajstić information content (AvgIpc) is 2.88. The summed E-state index contributed by atoms with van der Waals surface area (Å²) in [6.45, 7) is 2.09. The summed E-state index contributed by atoms with van der Waals surface area (Å²) in [7, 11) is 1.94. The fraction of sp³-hybridized carbons (Fsp3) is 0.231. The number of imidazole rings is 1. The number of hydrogen-bond acceptors (Lipinski definition) is 2. The molecule has 3 aromatic rings. The van der Waals surface area contributed by atoms with Crippen LogP contribution in [0.15, 0.2) is 28.7 Å². The Bertz CT molecular complexity index is 795. The number of nitrogens with one attached hydrogen (secondary N) is 1. The molecular weight excluding hydrogens is 324 g/mol. The highest BCUT2D eigenvalue weighted by molar-refractivity contribution is 9.10. The van der Waals surface area contributed by atoms with Gasteiger partial charge in [-0.15, -0.1) is 0 Å². The minimum Gasteiger partial charge on any atom is -0.327 e. The fourth-order valence-corrected chi connectivity index (χ4v) is 2.85. The van der Waals surface area contributed by atoms with Crippen molar-refractivity contribution in [2.24, 2.45) is 7.05 Å². The topological polar surface area (TPSA) is 38.5 Å². The van der Waals surface area contributed by atoms with Gasteiger partial charge in [0.25, 0.3) is 0 Å². The van der Waals surface area contributed by atoms with Crippen molar-refractivity contribution in [1.82, 2.24) is 19.3 Å². The highest BCUT2D eigenvalue weighted by atomic mass is 79.9. The van der Waals surface area contributed by atoms with E-state index in [-0.39, 0.29) is 0 Å². The van der Waals surface area contributed by atoms with E-state index in [9.17, 15) is 0 Å². The number of benzene rings is 1. The van der Waals surface area contributed by atoms with Crippen LogP contribution in [0, 0.1) is 4.77 Å². The van der Waals surface area contributed by atoms with Crippen molar-refractivity contribution in [2.75, 3.05) is 0 Å². The quantitative estimate of drug-likeness (QED) is 0.724. The maximum absolute atomic E-state index is 5.44. The number of rotatable bonds is 2. The molecule has 0 aliphatic carbocycles. The van der Waals surface area contributed by atoms with Crippen LogP contribution in [-0.2, 0) is 13.5 Å². The van der Waals surface area contributed by atoms with Crippen molar-refractivity contribution >= 4 is 39.3 Å². The second-order valence-electron chi connectivity index (χ2n) is 4.36. The van der Waals surface area contributed by atoms with Gasteiger partial charge in [0.15, 0.2) is 10.4 Å². The van der Waals surface area contributed by atoms with Crippen LogP contribution in [0.3, 0.4) is 0 Å². The molecule has 0 amide bonds. The third kappa shape index (κ3) is 1.95. The molecule has 0 bridgehead atoms. The van der Waals surface area contributed by atoms with Gasteiger partial charge in [-0.3, -0.25) is 4.57 Å². The Balaban J connectivity index is 2.34. The predicted octanol–water partition coefficient (Wildman–Crippen LogP) is 3.75. The Morgan fingerprint density at radius 3 is 2.63 bits per heavy atom. The van der Waals surface area contributed by atoms with Gasteiger partial charge in [-0.25, -0.2) is 4.68 Å². The molecular formula is C13H13BrN4S. The van der Waals surface area contributed by atoms with Gasteiger partial charge >= 0.3 is 0 Å². The molecule has 1 N–H and O–H groups in total. The second-order valence-corrected chi connectivity index (χ2v) is 5.67. The Kier molecular flexibility index (Phi) is 3.06. The first-order chi connectivity index (χ1) is 9.11. The van der Waals surface area contributed by atoms with Gasteiger partial charge in [0.2, 0.25) is 0 Å². The molecule has 1 aromatic carbocycles. The third-order valence-corrected chi connectivity index (χ3v) is 3.97. The van der Waals surface area contributed by atoms with Crippen LogP contribution in [-0.4, -0.2) is 19.3 Å². The summed E-state index contributed by atoms with van der Waals surface area (Å²) in [6.07, 6.45) is 0.882. The minimum atomic E-state index is 0.694. The highest BCUT2D eigenvalue weighted by Crippen LogP contribution is 2.23. The zero-order chi connectivity index (χ0) is 13.6. The summed E-state index contributed by atoms with van der Waals surface area (Å²) in [5, 5.41) is 4.52. The maximum atomic E-state index is 5.44. The second kappa shape index (κ2) is 4.61. The standard InChI is InChI=1S/C13H13BrN4S/c1-3-10-11-12(17(2)16-10)18(13(19)15-11)9-6-4-8(14)5-7-9/h4-7H,3H2,1-2H3,(H,15,19). The molecule has 3 rings (SSSR count). The molecule has 98 valence electrons. The third-order valence-electron chi connectivity index (χ3n) is 3.16. The maximum Gasteiger partial charge on any atom is 0.184 e. The van der Waals surface area contributed by atoms with Crippen molar-refractivity contribution in [3.8, 4) is 5.69 Å². The molecule has 0 fully saturated rings. The molecule has 19 heavy (non-hydrogen) atoms. The predicted molar refractivity (Wildman–Crippen MR) is 82.3 cm³/mol. The van der Waals surface area contributed by atoms with Crippen LogP contribution in [0.5, 0.6) is 0 Å². The van der Waals surface area contributed by atoms with Crippen LogP contribution < -0.4 is 0 Å². The Hall–Kier alpha value is -1.40. The van der Waals surface area contributed by atoms with Gasteiger partial charge in [0.1, 0.15) is 5.52 Å². The first-order valence-electron chi connectivity index (χ1n) is 6.04. The van der Waals surface area contributed by atoms with E-state index in [0.29, 0.717) is 4.77 Å². The van der Waals surface area contributed by atoms with Gasteiger partial charge < -0.3 is 4.98 Å². The van der Waals surface area contributed by atoms with E-state index in [1.165, 1.54) is 0 Å². The molecule has 2 heterocycles. The molecule has 0 aliphatic heterocycles. The van der Waals surface area contributed by atoms with Gasteiger partial charge in [0, 0.05) is 17.2 Å². The van der Waals surface area contributed by atoms with Crippen LogP contribution in [0.1, 0.15) is 12.6 Å². The van der Waals surface area contributed by atoms with E-state index in [1.807, 2.05) is 40.6 Å². The summed E-state index contributed by atoms with van der Waals surface area (Å²) in [5.74, 6) is 0. The van der Waals surface area contributed by atoms with Gasteiger partial charge in [0.05, 0.1) is 5.69 Å². The lowest BCUT2D eigenvalue weighted by molar-refractivity contribution is 0.748. The number of nitrogens with zero attached hydrogens (tertiary/aromatic N) is 3. The zero-order valence-corrected chi connectivity index (χ0v) is 13.0. The van der Waals surface area contributed by atoms with Crippen molar-refractivity contribution in [2.45, 2.75) is 13.3 Å². The van der Waals surface area contributed by atoms with Crippen molar-refractivity contribution in [1.29, 1.82) is 0 Å². The Morgan fingerprint density at radius 2 is 2.00 bits per heavy atom. The number of aromatic amines is 1. The molecule has 0 unspecified atom stereocenters. The van der Waals surface area contributed by atoms with Crippen molar-refractivity contribution < 1.29 is 0 Å². The summed E-state index contributed by atoms with van der Waals surface area (Å²) < 4.78 is 5.64. The molecule has 2 aromatic heterocycles. The highest BCUT2D eigenvalue weighted by Gasteiger charge is 2.15. The van der Waals surface area contributed by atoms with E-state index >= 15 is 0 Å². The molecule has 0 radical (unpaired) electrons. The molecule has 4 nitrogen and oxygen atoms in total. The van der Waals surface area contributed by atoms with E-state index < -0.39 is 0 Å². The van der Waals surface area contributed by atoms with Crippen molar-refractivity contribution in [3.05, 3.63) is 39.2 Å². The Labute approximate surface area is 124 Å². The number of aryl methyl sites for hydroxylation is 2. The van der Waals surface area contributed by atoms with Crippen molar-refractivity contribution in [3.63, 3.8) is 0 Å². The SMILES string of the molecule is CCc1nn(C)c2c1[nH]c(=S)n2-c1ccc(Br)cc1. The molecule has 0 spiro atoms. The normalized spacial score (nSPS) is 11.3. The lowest BCUT2D eigenvalue weighted by Crippen LogP contribution is -2.00. The lowest BCUT2D eigenvalue weighted by atomic mass is 10.3. The number of H-pyrrole nitrogens is 1. The van der Waals surface area contributed by atoms with Crippen LogP contribution in [0.25, 0.3) is 16.9 Å². The summed E-state index contributed by atoms with van der Waals surface area (Å²) in [5.41, 5.74) is 4.10. The van der Waals surface area contributed by atoms with Gasteiger partial charge in [-0.2, -0.15) is 5.10 Å². The molecule has 0 saturated carbocycles. The number of aromatic nitrogens is 4. The average molecular weight is 337 g/mol. The van der Waals surface area contributed by atoms with E-state index in [2.05, 4.69) is 32.9 Å². The van der Waals surface area contributed by atoms with Gasteiger partial charge in [-0.1, -0.05) is 22.9 Å². The van der Waals surface area contributed by atoms with E-state index in [4.69, 9.17) is 12.2 Å². The summed E-state index contributed by atoms with van der Waals surface area (Å²) in [6, 6.07) is 8.08. The zero-order valence-electron chi connectivity index (χ0n) is 10.6. The monoisotopic (exact) mass is 336 g/mol. The molecule has 6 heteroatoms. The summed E-state index contributed by atoms with van der Waals surface area (Å²) in [4.78, 5) is 3.26. The fourth-order valence-electron chi connectivity index (χ4n) is 2.29. The first kappa shape index (κ1) is 12.6. The number of hydrogen-bond donors (Lipinski definition) is 1. The number of fused-ring (bicyclic) bond motifs is 1.